The van der Waals surface area contributed by atoms with Crippen LogP contribution in [0.25, 0.3) is 0 Å². The van der Waals surface area contributed by atoms with Crippen molar-refractivity contribution in [2.45, 2.75) is 19.8 Å². The van der Waals surface area contributed by atoms with Gasteiger partial charge in [0.2, 0.25) is 0 Å². The van der Waals surface area contributed by atoms with Crippen molar-refractivity contribution in [1.29, 1.82) is 0 Å². The molecule has 1 unspecified atom stereocenters. The highest BCUT2D eigenvalue weighted by molar-refractivity contribution is 7.12. The average Bonchev–Trinajstić information content (AvgIpc) is 2.69. The number of thiophene rings is 1. The minimum absolute atomic E-state index is 0.117. The predicted octanol–water partition coefficient (Wildman–Crippen LogP) is 3.92. The van der Waals surface area contributed by atoms with E-state index in [1.807, 2.05) is 17.5 Å². The van der Waals surface area contributed by atoms with Crippen LogP contribution in [0.2, 0.25) is 0 Å². The van der Waals surface area contributed by atoms with Crippen molar-refractivity contribution >= 4 is 17.1 Å². The third-order valence-electron chi connectivity index (χ3n) is 2.69. The van der Waals surface area contributed by atoms with Crippen molar-refractivity contribution in [2.75, 3.05) is 0 Å². The molecule has 1 aromatic rings. The molecule has 1 nitrogen and oxygen atoms in total. The van der Waals surface area contributed by atoms with Crippen LogP contribution >= 0.6 is 11.3 Å². The van der Waals surface area contributed by atoms with E-state index in [1.165, 1.54) is 17.4 Å². The highest BCUT2D eigenvalue weighted by Gasteiger charge is 2.14. The second kappa shape index (κ2) is 4.74. The molecule has 0 spiro atoms. The van der Waals surface area contributed by atoms with Gasteiger partial charge in [0.15, 0.2) is 5.78 Å². The van der Waals surface area contributed by atoms with E-state index >= 15 is 0 Å². The molecule has 16 heavy (non-hydrogen) atoms. The number of allylic oxidation sites excluding steroid dienone is 4. The highest BCUT2D eigenvalue weighted by Crippen LogP contribution is 2.25. The Morgan fingerprint density at radius 2 is 2.44 bits per heavy atom. The first-order valence-electron chi connectivity index (χ1n) is 5.28. The number of carbonyl (C=O) groups is 1. The normalized spacial score (nSPS) is 19.6. The van der Waals surface area contributed by atoms with Gasteiger partial charge in [-0.15, -0.1) is 11.3 Å². The van der Waals surface area contributed by atoms with Crippen molar-refractivity contribution in [3.8, 4) is 0 Å². The smallest absolute Gasteiger partial charge is 0.169 e. The molecule has 0 bridgehead atoms. The molecular formula is C13H13FOS. The largest absolute Gasteiger partial charge is 0.294 e. The zero-order valence-electron chi connectivity index (χ0n) is 9.07. The maximum Gasteiger partial charge on any atom is 0.169 e. The number of hydrogen-bond donors (Lipinski definition) is 0. The van der Waals surface area contributed by atoms with Gasteiger partial charge >= 0.3 is 0 Å². The second-order valence-corrected chi connectivity index (χ2v) is 4.90. The Labute approximate surface area is 98.3 Å². The Hall–Kier alpha value is -1.22. The Morgan fingerprint density at radius 1 is 1.62 bits per heavy atom. The van der Waals surface area contributed by atoms with Gasteiger partial charge in [0, 0.05) is 0 Å². The number of rotatable bonds is 3. The third kappa shape index (κ3) is 2.47. The van der Waals surface area contributed by atoms with Crippen LogP contribution < -0.4 is 0 Å². The molecule has 0 aromatic carbocycles. The summed E-state index contributed by atoms with van der Waals surface area (Å²) in [7, 11) is 0. The molecule has 0 N–H and O–H groups in total. The van der Waals surface area contributed by atoms with Crippen LogP contribution in [0.15, 0.2) is 35.5 Å². The van der Waals surface area contributed by atoms with Gasteiger partial charge in [-0.3, -0.25) is 4.79 Å². The lowest BCUT2D eigenvalue weighted by atomic mass is 9.93. The van der Waals surface area contributed by atoms with Crippen LogP contribution in [0.4, 0.5) is 4.39 Å². The van der Waals surface area contributed by atoms with Gasteiger partial charge < -0.3 is 0 Å². The molecule has 1 aliphatic carbocycles. The summed E-state index contributed by atoms with van der Waals surface area (Å²) >= 11 is 1.48. The lowest BCUT2D eigenvalue weighted by Gasteiger charge is -2.13. The topological polar surface area (TPSA) is 17.1 Å². The molecule has 0 aliphatic heterocycles. The Kier molecular flexibility index (Phi) is 3.34. The van der Waals surface area contributed by atoms with Gasteiger partial charge in [-0.05, 0) is 54.8 Å². The second-order valence-electron chi connectivity index (χ2n) is 3.98. The quantitative estimate of drug-likeness (QED) is 0.727. The molecule has 1 aromatic heterocycles. The number of Topliss-reactive ketones (excluding diaryl/α,β-unsaturated/α-hetero) is 1. The summed E-state index contributed by atoms with van der Waals surface area (Å²) in [6, 6.07) is 1.99. The van der Waals surface area contributed by atoms with Gasteiger partial charge in [-0.25, -0.2) is 4.39 Å². The Bertz CT molecular complexity index is 456. The third-order valence-corrected chi connectivity index (χ3v) is 3.75. The summed E-state index contributed by atoms with van der Waals surface area (Å²) in [6.45, 7) is 1.59. The predicted molar refractivity (Wildman–Crippen MR) is 64.5 cm³/mol. The molecule has 1 aliphatic rings. The zero-order chi connectivity index (χ0) is 11.5. The summed E-state index contributed by atoms with van der Waals surface area (Å²) in [5, 5.41) is 1.94. The fourth-order valence-corrected chi connectivity index (χ4v) is 2.71. The SMILES string of the molecule is CC(=O)c1sccc1CC1C=CC(F)=CC1. The molecule has 1 heterocycles. The number of carbonyl (C=O) groups excluding carboxylic acids is 1. The van der Waals surface area contributed by atoms with E-state index in [0.29, 0.717) is 5.92 Å². The molecule has 0 amide bonds. The number of ketones is 1. The highest BCUT2D eigenvalue weighted by atomic mass is 32.1. The Morgan fingerprint density at radius 3 is 3.06 bits per heavy atom. The summed E-state index contributed by atoms with van der Waals surface area (Å²) in [4.78, 5) is 12.2. The average molecular weight is 236 g/mol. The lowest BCUT2D eigenvalue weighted by Crippen LogP contribution is -2.05. The maximum atomic E-state index is 12.8. The van der Waals surface area contributed by atoms with E-state index in [1.54, 1.807) is 13.0 Å². The summed E-state index contributed by atoms with van der Waals surface area (Å²) in [5.74, 6) is 0.270. The van der Waals surface area contributed by atoms with Gasteiger partial charge in [-0.2, -0.15) is 0 Å². The van der Waals surface area contributed by atoms with E-state index in [2.05, 4.69) is 0 Å². The maximum absolute atomic E-state index is 12.8. The lowest BCUT2D eigenvalue weighted by molar-refractivity contribution is 0.102. The standard InChI is InChI=1S/C13H13FOS/c1-9(15)13-11(6-7-16-13)8-10-2-4-12(14)5-3-10/h2,4-7,10H,3,8H2,1H3. The van der Waals surface area contributed by atoms with Crippen LogP contribution in [-0.2, 0) is 6.42 Å². The Balaban J connectivity index is 2.08. The van der Waals surface area contributed by atoms with Crippen molar-refractivity contribution < 1.29 is 9.18 Å². The molecule has 0 saturated carbocycles. The number of halogens is 1. The monoisotopic (exact) mass is 236 g/mol. The van der Waals surface area contributed by atoms with Crippen molar-refractivity contribution in [3.05, 3.63) is 45.9 Å². The van der Waals surface area contributed by atoms with Crippen LogP contribution in [0, 0.1) is 5.92 Å². The van der Waals surface area contributed by atoms with Gasteiger partial charge in [0.25, 0.3) is 0 Å². The first-order valence-corrected chi connectivity index (χ1v) is 6.16. The molecule has 0 saturated heterocycles. The molecule has 2 rings (SSSR count). The van der Waals surface area contributed by atoms with Crippen LogP contribution in [0.1, 0.15) is 28.6 Å². The molecular weight excluding hydrogens is 223 g/mol. The molecule has 1 atom stereocenters. The number of hydrogen-bond acceptors (Lipinski definition) is 2. The first kappa shape index (κ1) is 11.3. The fourth-order valence-electron chi connectivity index (χ4n) is 1.88. The van der Waals surface area contributed by atoms with E-state index < -0.39 is 0 Å². The van der Waals surface area contributed by atoms with Gasteiger partial charge in [0.1, 0.15) is 5.83 Å². The first-order chi connectivity index (χ1) is 7.66. The summed E-state index contributed by atoms with van der Waals surface area (Å²) in [5.41, 5.74) is 1.09. The molecule has 84 valence electrons. The van der Waals surface area contributed by atoms with Crippen LogP contribution in [0.3, 0.4) is 0 Å². The van der Waals surface area contributed by atoms with Crippen molar-refractivity contribution in [2.24, 2.45) is 5.92 Å². The zero-order valence-corrected chi connectivity index (χ0v) is 9.89. The molecule has 0 fully saturated rings. The van der Waals surface area contributed by atoms with E-state index in [9.17, 15) is 9.18 Å². The minimum Gasteiger partial charge on any atom is -0.294 e. The fraction of sp³-hybridized carbons (Fsp3) is 0.308. The van der Waals surface area contributed by atoms with Crippen LogP contribution in [-0.4, -0.2) is 5.78 Å². The van der Waals surface area contributed by atoms with Crippen LogP contribution in [0.5, 0.6) is 0 Å². The van der Waals surface area contributed by atoms with Gasteiger partial charge in [0.05, 0.1) is 4.88 Å². The van der Waals surface area contributed by atoms with Gasteiger partial charge in [-0.1, -0.05) is 6.08 Å². The molecule has 3 heteroatoms. The summed E-state index contributed by atoms with van der Waals surface area (Å²) < 4.78 is 12.8. The van der Waals surface area contributed by atoms with E-state index in [0.717, 1.165) is 23.3 Å². The minimum atomic E-state index is -0.159. The van der Waals surface area contributed by atoms with Crippen molar-refractivity contribution in [1.82, 2.24) is 0 Å². The summed E-state index contributed by atoms with van der Waals surface area (Å²) in [6.07, 6.45) is 6.53. The van der Waals surface area contributed by atoms with E-state index in [4.69, 9.17) is 0 Å². The van der Waals surface area contributed by atoms with E-state index in [-0.39, 0.29) is 11.6 Å². The molecule has 0 radical (unpaired) electrons. The van der Waals surface area contributed by atoms with Crippen molar-refractivity contribution in [3.63, 3.8) is 0 Å².